The van der Waals surface area contributed by atoms with E-state index < -0.39 is 0 Å². The summed E-state index contributed by atoms with van der Waals surface area (Å²) in [6, 6.07) is 0.493. The van der Waals surface area contributed by atoms with E-state index in [9.17, 15) is 4.79 Å². The Bertz CT molecular complexity index is 587. The number of ether oxygens (including phenoxy) is 1. The minimum Gasteiger partial charge on any atom is -0.500 e. The summed E-state index contributed by atoms with van der Waals surface area (Å²) < 4.78 is 5.48. The zero-order valence-electron chi connectivity index (χ0n) is 15.2. The molecule has 2 unspecified atom stereocenters. The molecule has 0 saturated heterocycles. The third-order valence-electron chi connectivity index (χ3n) is 5.74. The second-order valence-electron chi connectivity index (χ2n) is 7.57. The fraction of sp³-hybridized carbons (Fsp3) is 0.650. The molecule has 0 bridgehead atoms. The molecule has 1 saturated carbocycles. The number of hydrogen-bond donors (Lipinski definition) is 1. The Morgan fingerprint density at radius 1 is 1.28 bits per heavy atom. The SMILES string of the molecule is [B]/C(C)=C(/C1C=COC1)N(C1=CCC(C(N)=O)CC1)C1CCCCC1. The summed E-state index contributed by atoms with van der Waals surface area (Å²) in [4.78, 5) is 14.0. The maximum absolute atomic E-state index is 11.5. The van der Waals surface area contributed by atoms with Crippen LogP contribution in [0.3, 0.4) is 0 Å². The van der Waals surface area contributed by atoms with Gasteiger partial charge in [-0.3, -0.25) is 4.79 Å². The molecule has 25 heavy (non-hydrogen) atoms. The lowest BCUT2D eigenvalue weighted by molar-refractivity contribution is -0.122. The number of amides is 1. The Morgan fingerprint density at radius 2 is 2.04 bits per heavy atom. The maximum atomic E-state index is 11.5. The fourth-order valence-corrected chi connectivity index (χ4v) is 4.42. The lowest BCUT2D eigenvalue weighted by Crippen LogP contribution is -2.40. The Balaban J connectivity index is 1.91. The van der Waals surface area contributed by atoms with Crippen LogP contribution >= 0.6 is 0 Å². The molecule has 0 aromatic rings. The third kappa shape index (κ3) is 4.13. The van der Waals surface area contributed by atoms with Gasteiger partial charge in [-0.25, -0.2) is 0 Å². The van der Waals surface area contributed by atoms with Crippen molar-refractivity contribution in [3.05, 3.63) is 35.3 Å². The largest absolute Gasteiger partial charge is 0.500 e. The average Bonchev–Trinajstić information content (AvgIpc) is 3.14. The van der Waals surface area contributed by atoms with Gasteiger partial charge in [0.25, 0.3) is 0 Å². The Hall–Kier alpha value is -1.65. The summed E-state index contributed by atoms with van der Waals surface area (Å²) in [6.45, 7) is 2.65. The summed E-state index contributed by atoms with van der Waals surface area (Å²) >= 11 is 0. The molecule has 0 aromatic carbocycles. The molecule has 1 heterocycles. The minimum atomic E-state index is -0.183. The topological polar surface area (TPSA) is 55.6 Å². The van der Waals surface area contributed by atoms with Gasteiger partial charge in [-0.05, 0) is 38.2 Å². The van der Waals surface area contributed by atoms with Crippen molar-refractivity contribution in [3.63, 3.8) is 0 Å². The predicted octanol–water partition coefficient (Wildman–Crippen LogP) is 3.35. The first-order chi connectivity index (χ1) is 12.1. The van der Waals surface area contributed by atoms with Gasteiger partial charge in [0.2, 0.25) is 5.91 Å². The smallest absolute Gasteiger partial charge is 0.220 e. The van der Waals surface area contributed by atoms with Gasteiger partial charge in [0.1, 0.15) is 7.85 Å². The zero-order chi connectivity index (χ0) is 17.8. The van der Waals surface area contributed by atoms with Gasteiger partial charge in [0.05, 0.1) is 18.8 Å². The summed E-state index contributed by atoms with van der Waals surface area (Å²) in [7, 11) is 6.35. The summed E-state index contributed by atoms with van der Waals surface area (Å²) in [5, 5.41) is 0. The fourth-order valence-electron chi connectivity index (χ4n) is 4.42. The Morgan fingerprint density at radius 3 is 2.56 bits per heavy atom. The molecule has 0 aromatic heterocycles. The second-order valence-corrected chi connectivity index (χ2v) is 7.57. The van der Waals surface area contributed by atoms with Gasteiger partial charge in [0, 0.05) is 23.4 Å². The monoisotopic (exact) mass is 340 g/mol. The molecule has 2 N–H and O–H groups in total. The van der Waals surface area contributed by atoms with Crippen LogP contribution in [0.15, 0.2) is 35.3 Å². The highest BCUT2D eigenvalue weighted by molar-refractivity contribution is 6.21. The Kier molecular flexibility index (Phi) is 5.92. The first-order valence-corrected chi connectivity index (χ1v) is 9.60. The minimum absolute atomic E-state index is 0.0296. The predicted molar refractivity (Wildman–Crippen MR) is 100 cm³/mol. The van der Waals surface area contributed by atoms with E-state index >= 15 is 0 Å². The summed E-state index contributed by atoms with van der Waals surface area (Å²) in [6.07, 6.45) is 14.8. The Labute approximate surface area is 152 Å². The summed E-state index contributed by atoms with van der Waals surface area (Å²) in [5.41, 5.74) is 8.86. The van der Waals surface area contributed by atoms with E-state index in [1.54, 1.807) is 6.26 Å². The van der Waals surface area contributed by atoms with E-state index in [1.807, 2.05) is 6.92 Å². The number of allylic oxidation sites excluding steroid dienone is 3. The molecule has 2 aliphatic carbocycles. The lowest BCUT2D eigenvalue weighted by Gasteiger charge is -2.43. The highest BCUT2D eigenvalue weighted by atomic mass is 16.5. The van der Waals surface area contributed by atoms with Crippen LogP contribution in [0.2, 0.25) is 0 Å². The van der Waals surface area contributed by atoms with Gasteiger partial charge in [-0.1, -0.05) is 32.3 Å². The van der Waals surface area contributed by atoms with Gasteiger partial charge >= 0.3 is 0 Å². The molecule has 3 rings (SSSR count). The number of rotatable bonds is 5. The molecule has 2 radical (unpaired) electrons. The number of nitrogens with zero attached hydrogens (tertiary/aromatic N) is 1. The number of carbonyl (C=O) groups excluding carboxylic acids is 1. The van der Waals surface area contributed by atoms with Crippen molar-refractivity contribution in [2.45, 2.75) is 64.3 Å². The normalized spacial score (nSPS) is 28.1. The van der Waals surface area contributed by atoms with E-state index in [4.69, 9.17) is 18.3 Å². The van der Waals surface area contributed by atoms with Crippen LogP contribution in [0.1, 0.15) is 58.3 Å². The highest BCUT2D eigenvalue weighted by Crippen LogP contribution is 2.38. The van der Waals surface area contributed by atoms with Crippen LogP contribution in [-0.2, 0) is 9.53 Å². The van der Waals surface area contributed by atoms with Crippen molar-refractivity contribution in [2.24, 2.45) is 17.6 Å². The molecule has 134 valence electrons. The number of nitrogens with two attached hydrogens (primary N) is 1. The zero-order valence-corrected chi connectivity index (χ0v) is 15.2. The van der Waals surface area contributed by atoms with Crippen molar-refractivity contribution in [1.29, 1.82) is 0 Å². The highest BCUT2D eigenvalue weighted by Gasteiger charge is 2.32. The first kappa shape index (κ1) is 18.2. The molecule has 3 aliphatic rings. The molecule has 2 atom stereocenters. The van der Waals surface area contributed by atoms with Crippen molar-refractivity contribution < 1.29 is 9.53 Å². The lowest BCUT2D eigenvalue weighted by atomic mass is 9.84. The average molecular weight is 340 g/mol. The van der Waals surface area contributed by atoms with E-state index in [0.29, 0.717) is 12.6 Å². The van der Waals surface area contributed by atoms with Crippen molar-refractivity contribution in [1.82, 2.24) is 4.90 Å². The number of carbonyl (C=O) groups is 1. The van der Waals surface area contributed by atoms with Gasteiger partial charge in [-0.15, -0.1) is 5.47 Å². The van der Waals surface area contributed by atoms with Crippen molar-refractivity contribution in [3.8, 4) is 0 Å². The second kappa shape index (κ2) is 8.16. The maximum Gasteiger partial charge on any atom is 0.220 e. The van der Waals surface area contributed by atoms with E-state index in [0.717, 1.165) is 24.7 Å². The standard InChI is InChI=1S/C20H29BN2O2/c1-14(21)19(16-11-12-25-13-16)23(17-5-3-2-4-6-17)18-9-7-15(8-10-18)20(22)24/h9,11-12,15-17H,2-8,10,13H2,1H3,(H2,22,24)/b19-14-. The molecule has 0 spiro atoms. The molecular weight excluding hydrogens is 311 g/mol. The molecule has 5 heteroatoms. The van der Waals surface area contributed by atoms with E-state index in [1.165, 1.54) is 43.5 Å². The molecule has 1 fully saturated rings. The van der Waals surface area contributed by atoms with Crippen LogP contribution in [0, 0.1) is 11.8 Å². The number of primary amides is 1. The molecular formula is C20H29BN2O2. The molecule has 1 aliphatic heterocycles. The van der Waals surface area contributed by atoms with Gasteiger partial charge < -0.3 is 15.4 Å². The van der Waals surface area contributed by atoms with Crippen LogP contribution in [-0.4, -0.2) is 31.3 Å². The van der Waals surface area contributed by atoms with Crippen molar-refractivity contribution >= 4 is 13.8 Å². The van der Waals surface area contributed by atoms with E-state index in [-0.39, 0.29) is 17.7 Å². The van der Waals surface area contributed by atoms with E-state index in [2.05, 4.69) is 17.1 Å². The first-order valence-electron chi connectivity index (χ1n) is 9.60. The van der Waals surface area contributed by atoms with Crippen LogP contribution < -0.4 is 5.73 Å². The van der Waals surface area contributed by atoms with Gasteiger partial charge in [0.15, 0.2) is 0 Å². The number of hydrogen-bond acceptors (Lipinski definition) is 3. The van der Waals surface area contributed by atoms with Crippen molar-refractivity contribution in [2.75, 3.05) is 6.61 Å². The molecule has 4 nitrogen and oxygen atoms in total. The third-order valence-corrected chi connectivity index (χ3v) is 5.74. The quantitative estimate of drug-likeness (QED) is 0.781. The molecule has 1 amide bonds. The van der Waals surface area contributed by atoms with Crippen LogP contribution in [0.25, 0.3) is 0 Å². The van der Waals surface area contributed by atoms with Gasteiger partial charge in [-0.2, -0.15) is 0 Å². The van der Waals surface area contributed by atoms with Crippen LogP contribution in [0.4, 0.5) is 0 Å². The van der Waals surface area contributed by atoms with Crippen LogP contribution in [0.5, 0.6) is 0 Å². The summed E-state index contributed by atoms with van der Waals surface area (Å²) in [5.74, 6) is -0.00262.